The Morgan fingerprint density at radius 2 is 1.80 bits per heavy atom. The highest BCUT2D eigenvalue weighted by Gasteiger charge is 2.14. The second-order valence-corrected chi connectivity index (χ2v) is 4.63. The van der Waals surface area contributed by atoms with Gasteiger partial charge in [-0.3, -0.25) is 4.98 Å². The number of aromatic nitrogens is 3. The highest BCUT2D eigenvalue weighted by Crippen LogP contribution is 2.36. The summed E-state index contributed by atoms with van der Waals surface area (Å²) in [6.07, 6.45) is 3.20. The van der Waals surface area contributed by atoms with Gasteiger partial charge in [-0.1, -0.05) is 24.3 Å². The van der Waals surface area contributed by atoms with Crippen LogP contribution in [0.25, 0.3) is 33.2 Å². The second-order valence-electron chi connectivity index (χ2n) is 4.63. The maximum Gasteiger partial charge on any atom is 0.158 e. The van der Waals surface area contributed by atoms with E-state index >= 15 is 0 Å². The summed E-state index contributed by atoms with van der Waals surface area (Å²) in [6, 6.07) is 13.7. The van der Waals surface area contributed by atoms with E-state index in [4.69, 9.17) is 0 Å². The van der Waals surface area contributed by atoms with Crippen molar-refractivity contribution in [1.29, 1.82) is 0 Å². The van der Waals surface area contributed by atoms with E-state index in [0.717, 1.165) is 27.7 Å². The lowest BCUT2D eigenvalue weighted by Gasteiger charge is -2.03. The highest BCUT2D eigenvalue weighted by atomic mass is 16.3. The molecule has 0 saturated carbocycles. The first-order valence-electron chi connectivity index (χ1n) is 6.34. The first kappa shape index (κ1) is 11.0. The summed E-state index contributed by atoms with van der Waals surface area (Å²) in [5.74, 6) is 0.149. The topological polar surface area (TPSA) is 61.8 Å². The molecule has 0 unspecified atom stereocenters. The molecule has 0 atom stereocenters. The number of benzene rings is 1. The summed E-state index contributed by atoms with van der Waals surface area (Å²) >= 11 is 0. The smallest absolute Gasteiger partial charge is 0.158 e. The number of aromatic amines is 1. The molecule has 0 aliphatic carbocycles. The zero-order valence-corrected chi connectivity index (χ0v) is 10.5. The fourth-order valence-electron chi connectivity index (χ4n) is 2.53. The van der Waals surface area contributed by atoms with Crippen LogP contribution in [0.5, 0.6) is 5.75 Å². The van der Waals surface area contributed by atoms with Crippen LogP contribution in [-0.2, 0) is 0 Å². The van der Waals surface area contributed by atoms with Crippen molar-refractivity contribution in [3.05, 3.63) is 54.9 Å². The Hall–Kier alpha value is -2.88. The molecule has 0 bridgehead atoms. The molecule has 0 amide bonds. The number of rotatable bonds is 1. The molecule has 0 aliphatic rings. The van der Waals surface area contributed by atoms with E-state index in [2.05, 4.69) is 15.0 Å². The van der Waals surface area contributed by atoms with E-state index in [0.29, 0.717) is 5.52 Å². The predicted molar refractivity (Wildman–Crippen MR) is 78.5 cm³/mol. The van der Waals surface area contributed by atoms with Gasteiger partial charge in [0.05, 0.1) is 23.1 Å². The van der Waals surface area contributed by atoms with E-state index in [9.17, 15) is 5.11 Å². The van der Waals surface area contributed by atoms with Gasteiger partial charge in [0.1, 0.15) is 0 Å². The van der Waals surface area contributed by atoms with E-state index in [1.165, 1.54) is 6.20 Å². The minimum absolute atomic E-state index is 0.149. The average Bonchev–Trinajstić information content (AvgIpc) is 2.89. The summed E-state index contributed by atoms with van der Waals surface area (Å²) in [7, 11) is 0. The fourth-order valence-corrected chi connectivity index (χ4v) is 2.53. The Kier molecular flexibility index (Phi) is 2.23. The molecule has 4 rings (SSSR count). The molecule has 0 saturated heterocycles. The third-order valence-electron chi connectivity index (χ3n) is 3.42. The van der Waals surface area contributed by atoms with Crippen molar-refractivity contribution in [1.82, 2.24) is 15.0 Å². The lowest BCUT2D eigenvalue weighted by molar-refractivity contribution is 0.478. The number of hydrogen-bond acceptors (Lipinski definition) is 3. The van der Waals surface area contributed by atoms with Crippen LogP contribution in [-0.4, -0.2) is 20.1 Å². The quantitative estimate of drug-likeness (QED) is 0.551. The van der Waals surface area contributed by atoms with Crippen LogP contribution >= 0.6 is 0 Å². The SMILES string of the molecule is Oc1cnc(-c2ccccn2)c2c1[nH]c1ccccc12. The third kappa shape index (κ3) is 1.48. The van der Waals surface area contributed by atoms with Gasteiger partial charge in [-0.25, -0.2) is 4.98 Å². The summed E-state index contributed by atoms with van der Waals surface area (Å²) < 4.78 is 0. The van der Waals surface area contributed by atoms with Crippen LogP contribution in [0.4, 0.5) is 0 Å². The first-order chi connectivity index (χ1) is 9.84. The van der Waals surface area contributed by atoms with Gasteiger partial charge in [-0.2, -0.15) is 0 Å². The van der Waals surface area contributed by atoms with Crippen molar-refractivity contribution >= 4 is 21.8 Å². The lowest BCUT2D eigenvalue weighted by atomic mass is 10.1. The van der Waals surface area contributed by atoms with Gasteiger partial charge in [0.15, 0.2) is 5.75 Å². The molecule has 3 heterocycles. The maximum absolute atomic E-state index is 10.0. The summed E-state index contributed by atoms with van der Waals surface area (Å²) in [5.41, 5.74) is 3.24. The molecule has 20 heavy (non-hydrogen) atoms. The van der Waals surface area contributed by atoms with E-state index in [1.807, 2.05) is 42.5 Å². The first-order valence-corrected chi connectivity index (χ1v) is 6.34. The lowest BCUT2D eigenvalue weighted by Crippen LogP contribution is -1.87. The fraction of sp³-hybridized carbons (Fsp3) is 0. The van der Waals surface area contributed by atoms with Crippen molar-refractivity contribution < 1.29 is 5.11 Å². The zero-order chi connectivity index (χ0) is 13.5. The van der Waals surface area contributed by atoms with Crippen molar-refractivity contribution in [2.75, 3.05) is 0 Å². The summed E-state index contributed by atoms with van der Waals surface area (Å²) in [6.45, 7) is 0. The molecule has 96 valence electrons. The molecule has 3 aromatic heterocycles. The number of nitrogens with one attached hydrogen (secondary N) is 1. The van der Waals surface area contributed by atoms with Crippen molar-refractivity contribution in [3.63, 3.8) is 0 Å². The number of para-hydroxylation sites is 1. The normalized spacial score (nSPS) is 11.2. The number of hydrogen-bond donors (Lipinski definition) is 2. The van der Waals surface area contributed by atoms with Gasteiger partial charge in [0.25, 0.3) is 0 Å². The van der Waals surface area contributed by atoms with Gasteiger partial charge in [-0.05, 0) is 18.2 Å². The van der Waals surface area contributed by atoms with Crippen LogP contribution in [0.1, 0.15) is 0 Å². The van der Waals surface area contributed by atoms with Gasteiger partial charge in [0, 0.05) is 22.5 Å². The van der Waals surface area contributed by atoms with Crippen molar-refractivity contribution in [3.8, 4) is 17.1 Å². The van der Waals surface area contributed by atoms with Crippen LogP contribution in [0, 0.1) is 0 Å². The van der Waals surface area contributed by atoms with Crippen molar-refractivity contribution in [2.45, 2.75) is 0 Å². The molecule has 0 fully saturated rings. The molecular weight excluding hydrogens is 250 g/mol. The van der Waals surface area contributed by atoms with Crippen molar-refractivity contribution in [2.24, 2.45) is 0 Å². The largest absolute Gasteiger partial charge is 0.504 e. The highest BCUT2D eigenvalue weighted by molar-refractivity contribution is 6.14. The monoisotopic (exact) mass is 261 g/mol. The predicted octanol–water partition coefficient (Wildman–Crippen LogP) is 3.48. The zero-order valence-electron chi connectivity index (χ0n) is 10.5. The van der Waals surface area contributed by atoms with Crippen LogP contribution in [0.15, 0.2) is 54.9 Å². The number of fused-ring (bicyclic) bond motifs is 3. The Balaban J connectivity index is 2.19. The molecule has 4 heteroatoms. The van der Waals surface area contributed by atoms with E-state index in [1.54, 1.807) is 6.20 Å². The number of aromatic hydroxyl groups is 1. The van der Waals surface area contributed by atoms with Gasteiger partial charge < -0.3 is 10.1 Å². The maximum atomic E-state index is 10.0. The van der Waals surface area contributed by atoms with Gasteiger partial charge >= 0.3 is 0 Å². The molecule has 1 aromatic carbocycles. The third-order valence-corrected chi connectivity index (χ3v) is 3.42. The number of H-pyrrole nitrogens is 1. The standard InChI is InChI=1S/C16H11N3O/c20-13-9-18-15(12-7-3-4-8-17-12)14-10-5-1-2-6-11(10)19-16(13)14/h1-9,19-20H. The average molecular weight is 261 g/mol. The molecule has 4 nitrogen and oxygen atoms in total. The molecular formula is C16H11N3O. The Morgan fingerprint density at radius 3 is 2.65 bits per heavy atom. The Bertz CT molecular complexity index is 913. The molecule has 0 radical (unpaired) electrons. The second kappa shape index (κ2) is 4.06. The van der Waals surface area contributed by atoms with Crippen LogP contribution < -0.4 is 0 Å². The van der Waals surface area contributed by atoms with Gasteiger partial charge in [0.2, 0.25) is 0 Å². The van der Waals surface area contributed by atoms with Gasteiger partial charge in [-0.15, -0.1) is 0 Å². The minimum atomic E-state index is 0.149. The van der Waals surface area contributed by atoms with Crippen LogP contribution in [0.2, 0.25) is 0 Å². The Morgan fingerprint density at radius 1 is 0.950 bits per heavy atom. The Labute approximate surface area is 114 Å². The number of nitrogens with zero attached hydrogens (tertiary/aromatic N) is 2. The summed E-state index contributed by atoms with van der Waals surface area (Å²) in [5, 5.41) is 12.0. The molecule has 4 aromatic rings. The molecule has 0 spiro atoms. The van der Waals surface area contributed by atoms with E-state index in [-0.39, 0.29) is 5.75 Å². The summed E-state index contributed by atoms with van der Waals surface area (Å²) in [4.78, 5) is 12.0. The van der Waals surface area contributed by atoms with Crippen LogP contribution in [0.3, 0.4) is 0 Å². The molecule has 2 N–H and O–H groups in total. The molecule has 0 aliphatic heterocycles. The number of pyridine rings is 2. The van der Waals surface area contributed by atoms with E-state index < -0.39 is 0 Å². The minimum Gasteiger partial charge on any atom is -0.504 e.